The van der Waals surface area contributed by atoms with Gasteiger partial charge in [0, 0.05) is 26.7 Å². The molecule has 4 heteroatoms. The van der Waals surface area contributed by atoms with Crippen LogP contribution in [0.5, 0.6) is 0 Å². The highest BCUT2D eigenvalue weighted by molar-refractivity contribution is 5.79. The van der Waals surface area contributed by atoms with Gasteiger partial charge in [0.25, 0.3) is 0 Å². The largest absolute Gasteiger partial charge is 0.339 e. The Morgan fingerprint density at radius 3 is 3.00 bits per heavy atom. The smallest absolute Gasteiger partial charge is 0.236 e. The molecule has 0 radical (unpaired) electrons. The number of rotatable bonds is 4. The number of amides is 1. The summed E-state index contributed by atoms with van der Waals surface area (Å²) in [7, 11) is 3.78. The summed E-state index contributed by atoms with van der Waals surface area (Å²) in [6.07, 6.45) is 1.84. The maximum absolute atomic E-state index is 11.6. The van der Waals surface area contributed by atoms with Gasteiger partial charge in [-0.1, -0.05) is 6.08 Å². The van der Waals surface area contributed by atoms with Crippen LogP contribution < -0.4 is 5.32 Å². The summed E-state index contributed by atoms with van der Waals surface area (Å²) in [4.78, 5) is 15.5. The Balaban J connectivity index is 2.56. The Labute approximate surface area is 85.6 Å². The molecule has 0 saturated carbocycles. The molecule has 1 saturated heterocycles. The Bertz CT molecular complexity index is 217. The highest BCUT2D eigenvalue weighted by atomic mass is 16.2. The van der Waals surface area contributed by atoms with E-state index in [-0.39, 0.29) is 11.9 Å². The summed E-state index contributed by atoms with van der Waals surface area (Å²) in [6, 6.07) is 0.279. The third-order valence-electron chi connectivity index (χ3n) is 2.60. The topological polar surface area (TPSA) is 35.6 Å². The van der Waals surface area contributed by atoms with Gasteiger partial charge in [0.05, 0.1) is 12.6 Å². The quantitative estimate of drug-likeness (QED) is 0.619. The second-order valence-corrected chi connectivity index (χ2v) is 3.70. The number of likely N-dealkylation sites (N-methyl/N-ethyl adjacent to an activating group) is 2. The molecule has 1 heterocycles. The molecule has 1 atom stereocenters. The van der Waals surface area contributed by atoms with Crippen LogP contribution in [0.25, 0.3) is 0 Å². The minimum Gasteiger partial charge on any atom is -0.339 e. The molecule has 1 unspecified atom stereocenters. The van der Waals surface area contributed by atoms with E-state index in [9.17, 15) is 4.79 Å². The lowest BCUT2D eigenvalue weighted by Gasteiger charge is -2.38. The predicted molar refractivity (Wildman–Crippen MR) is 57.1 cm³/mol. The van der Waals surface area contributed by atoms with Crippen LogP contribution in [0.1, 0.15) is 0 Å². The summed E-state index contributed by atoms with van der Waals surface area (Å²) in [5.41, 5.74) is 0. The van der Waals surface area contributed by atoms with Crippen molar-refractivity contribution in [1.82, 2.24) is 15.1 Å². The first-order valence-corrected chi connectivity index (χ1v) is 4.92. The second-order valence-electron chi connectivity index (χ2n) is 3.70. The number of nitrogens with one attached hydrogen (secondary N) is 1. The average molecular weight is 197 g/mol. The van der Waals surface area contributed by atoms with Gasteiger partial charge >= 0.3 is 0 Å². The first kappa shape index (κ1) is 11.2. The molecule has 0 aromatic carbocycles. The average Bonchev–Trinajstić information content (AvgIpc) is 2.14. The van der Waals surface area contributed by atoms with E-state index in [1.54, 1.807) is 0 Å². The fourth-order valence-corrected chi connectivity index (χ4v) is 1.75. The van der Waals surface area contributed by atoms with Crippen molar-refractivity contribution < 1.29 is 4.79 Å². The van der Waals surface area contributed by atoms with Gasteiger partial charge < -0.3 is 10.2 Å². The molecular formula is C10H19N3O. The SMILES string of the molecule is C=CCN1CC(=O)N(C)C(CNC)C1. The summed E-state index contributed by atoms with van der Waals surface area (Å²) < 4.78 is 0. The van der Waals surface area contributed by atoms with Crippen LogP contribution in [0.15, 0.2) is 12.7 Å². The number of carbonyl (C=O) groups is 1. The van der Waals surface area contributed by atoms with Crippen molar-refractivity contribution >= 4 is 5.91 Å². The molecule has 1 amide bonds. The van der Waals surface area contributed by atoms with Crippen molar-refractivity contribution in [3.05, 3.63) is 12.7 Å². The molecule has 4 nitrogen and oxygen atoms in total. The Kier molecular flexibility index (Phi) is 4.10. The molecule has 1 N–H and O–H groups in total. The summed E-state index contributed by atoms with van der Waals surface area (Å²) >= 11 is 0. The van der Waals surface area contributed by atoms with E-state index >= 15 is 0 Å². The van der Waals surface area contributed by atoms with Crippen molar-refractivity contribution in [2.24, 2.45) is 0 Å². The van der Waals surface area contributed by atoms with Crippen LogP contribution in [-0.4, -0.2) is 62.0 Å². The van der Waals surface area contributed by atoms with Crippen molar-refractivity contribution in [2.45, 2.75) is 6.04 Å². The van der Waals surface area contributed by atoms with E-state index in [2.05, 4.69) is 16.8 Å². The molecule has 1 rings (SSSR count). The molecule has 14 heavy (non-hydrogen) atoms. The molecule has 1 aliphatic rings. The van der Waals surface area contributed by atoms with Crippen molar-refractivity contribution in [3.8, 4) is 0 Å². The van der Waals surface area contributed by atoms with Crippen molar-refractivity contribution in [3.63, 3.8) is 0 Å². The highest BCUT2D eigenvalue weighted by Gasteiger charge is 2.28. The molecule has 0 spiro atoms. The van der Waals surface area contributed by atoms with E-state index in [4.69, 9.17) is 0 Å². The van der Waals surface area contributed by atoms with Gasteiger partial charge in [-0.15, -0.1) is 6.58 Å². The molecule has 80 valence electrons. The summed E-state index contributed by atoms with van der Waals surface area (Å²) in [5.74, 6) is 0.193. The van der Waals surface area contributed by atoms with Crippen LogP contribution in [0.2, 0.25) is 0 Å². The van der Waals surface area contributed by atoms with E-state index in [1.165, 1.54) is 0 Å². The Morgan fingerprint density at radius 1 is 1.71 bits per heavy atom. The maximum Gasteiger partial charge on any atom is 0.236 e. The zero-order valence-electron chi connectivity index (χ0n) is 8.99. The Hall–Kier alpha value is -0.870. The first-order chi connectivity index (χ1) is 6.69. The van der Waals surface area contributed by atoms with Gasteiger partial charge in [0.15, 0.2) is 0 Å². The number of piperazine rings is 1. The van der Waals surface area contributed by atoms with Gasteiger partial charge in [0.1, 0.15) is 0 Å². The van der Waals surface area contributed by atoms with E-state index in [1.807, 2.05) is 25.1 Å². The molecule has 0 aliphatic carbocycles. The highest BCUT2D eigenvalue weighted by Crippen LogP contribution is 2.07. The summed E-state index contributed by atoms with van der Waals surface area (Å²) in [6.45, 7) is 6.76. The minimum absolute atomic E-state index is 0.193. The fourth-order valence-electron chi connectivity index (χ4n) is 1.75. The zero-order chi connectivity index (χ0) is 10.6. The monoisotopic (exact) mass is 197 g/mol. The lowest BCUT2D eigenvalue weighted by Crippen LogP contribution is -2.57. The Morgan fingerprint density at radius 2 is 2.43 bits per heavy atom. The van der Waals surface area contributed by atoms with Gasteiger partial charge in [-0.2, -0.15) is 0 Å². The maximum atomic E-state index is 11.6. The predicted octanol–water partition coefficient (Wildman–Crippen LogP) is -0.466. The first-order valence-electron chi connectivity index (χ1n) is 4.92. The third kappa shape index (κ3) is 2.56. The minimum atomic E-state index is 0.193. The number of hydrogen-bond acceptors (Lipinski definition) is 3. The van der Waals surface area contributed by atoms with Crippen molar-refractivity contribution in [1.29, 1.82) is 0 Å². The van der Waals surface area contributed by atoms with Crippen LogP contribution in [0.4, 0.5) is 0 Å². The van der Waals surface area contributed by atoms with Gasteiger partial charge in [-0.25, -0.2) is 0 Å². The molecular weight excluding hydrogens is 178 g/mol. The second kappa shape index (κ2) is 5.12. The van der Waals surface area contributed by atoms with Crippen LogP contribution in [0, 0.1) is 0 Å². The molecule has 0 aromatic heterocycles. The number of carbonyl (C=O) groups excluding carboxylic acids is 1. The molecule has 1 aliphatic heterocycles. The normalized spacial score (nSPS) is 24.0. The number of hydrogen-bond donors (Lipinski definition) is 1. The van der Waals surface area contributed by atoms with Crippen LogP contribution >= 0.6 is 0 Å². The van der Waals surface area contributed by atoms with Gasteiger partial charge in [-0.3, -0.25) is 9.69 Å². The van der Waals surface area contributed by atoms with E-state index in [0.717, 1.165) is 19.6 Å². The zero-order valence-corrected chi connectivity index (χ0v) is 8.99. The lowest BCUT2D eigenvalue weighted by atomic mass is 10.1. The van der Waals surface area contributed by atoms with Gasteiger partial charge in [0.2, 0.25) is 5.91 Å². The van der Waals surface area contributed by atoms with E-state index in [0.29, 0.717) is 6.54 Å². The molecule has 0 aromatic rings. The van der Waals surface area contributed by atoms with Gasteiger partial charge in [-0.05, 0) is 7.05 Å². The molecule has 0 bridgehead atoms. The fraction of sp³-hybridized carbons (Fsp3) is 0.700. The summed E-state index contributed by atoms with van der Waals surface area (Å²) in [5, 5.41) is 3.10. The molecule has 1 fully saturated rings. The van der Waals surface area contributed by atoms with Crippen molar-refractivity contribution in [2.75, 3.05) is 40.3 Å². The lowest BCUT2D eigenvalue weighted by molar-refractivity contribution is -0.137. The van der Waals surface area contributed by atoms with Crippen LogP contribution in [0.3, 0.4) is 0 Å². The van der Waals surface area contributed by atoms with Crippen LogP contribution in [-0.2, 0) is 4.79 Å². The number of nitrogens with zero attached hydrogens (tertiary/aromatic N) is 2. The van der Waals surface area contributed by atoms with E-state index < -0.39 is 0 Å². The third-order valence-corrected chi connectivity index (χ3v) is 2.60. The standard InChI is InChI=1S/C10H19N3O/c1-4-5-13-7-9(6-11-2)12(3)10(14)8-13/h4,9,11H,1,5-8H2,2-3H3.